The summed E-state index contributed by atoms with van der Waals surface area (Å²) in [5, 5.41) is 12.2. The van der Waals surface area contributed by atoms with Crippen molar-refractivity contribution in [1.29, 1.82) is 0 Å². The van der Waals surface area contributed by atoms with Crippen LogP contribution in [0.25, 0.3) is 0 Å². The smallest absolute Gasteiger partial charge is 0.337 e. The maximum Gasteiger partial charge on any atom is 0.337 e. The zero-order valence-corrected chi connectivity index (χ0v) is 9.68. The molecule has 1 aliphatic rings. The normalized spacial score (nSPS) is 20.4. The van der Waals surface area contributed by atoms with Crippen molar-refractivity contribution in [2.24, 2.45) is 0 Å². The van der Waals surface area contributed by atoms with Crippen molar-refractivity contribution in [2.45, 2.75) is 12.5 Å². The molecular formula is C11H16N4O2. The van der Waals surface area contributed by atoms with Crippen LogP contribution in [0.15, 0.2) is 12.3 Å². The Balaban J connectivity index is 2.11. The average molecular weight is 236 g/mol. The van der Waals surface area contributed by atoms with Crippen LogP contribution in [-0.4, -0.2) is 47.1 Å². The van der Waals surface area contributed by atoms with E-state index in [0.29, 0.717) is 11.9 Å². The van der Waals surface area contributed by atoms with E-state index in [-0.39, 0.29) is 11.3 Å². The van der Waals surface area contributed by atoms with Gasteiger partial charge in [-0.05, 0) is 26.1 Å². The number of nitrogens with one attached hydrogen (secondary N) is 1. The van der Waals surface area contributed by atoms with Gasteiger partial charge in [-0.3, -0.25) is 0 Å². The number of rotatable bonds is 3. The lowest BCUT2D eigenvalue weighted by molar-refractivity contribution is 0.0698. The first-order valence-corrected chi connectivity index (χ1v) is 5.50. The van der Waals surface area contributed by atoms with Crippen molar-refractivity contribution < 1.29 is 9.90 Å². The number of carbonyl (C=O) groups is 1. The largest absolute Gasteiger partial charge is 0.478 e. The molecule has 1 atom stereocenters. The minimum absolute atomic E-state index is 0.0915. The van der Waals surface area contributed by atoms with Crippen LogP contribution in [-0.2, 0) is 0 Å². The SMILES string of the molecule is CN1CCC(Nc2cc(C(=O)O)c(N)cn2)C1. The highest BCUT2D eigenvalue weighted by Gasteiger charge is 2.20. The molecule has 0 amide bonds. The molecule has 0 bridgehead atoms. The van der Waals surface area contributed by atoms with E-state index in [1.54, 1.807) is 0 Å². The van der Waals surface area contributed by atoms with Crippen molar-refractivity contribution in [3.05, 3.63) is 17.8 Å². The van der Waals surface area contributed by atoms with Gasteiger partial charge in [-0.25, -0.2) is 9.78 Å². The monoisotopic (exact) mass is 236 g/mol. The number of nitrogen functional groups attached to an aromatic ring is 1. The number of hydrogen-bond donors (Lipinski definition) is 3. The molecule has 17 heavy (non-hydrogen) atoms. The number of aromatic nitrogens is 1. The fourth-order valence-corrected chi connectivity index (χ4v) is 1.99. The fourth-order valence-electron chi connectivity index (χ4n) is 1.99. The molecule has 0 aliphatic carbocycles. The molecule has 0 spiro atoms. The van der Waals surface area contributed by atoms with Crippen LogP contribution in [0, 0.1) is 0 Å². The third-order valence-electron chi connectivity index (χ3n) is 2.91. The molecular weight excluding hydrogens is 220 g/mol. The number of hydrogen-bond acceptors (Lipinski definition) is 5. The summed E-state index contributed by atoms with van der Waals surface area (Å²) >= 11 is 0. The number of nitrogens with zero attached hydrogens (tertiary/aromatic N) is 2. The van der Waals surface area contributed by atoms with Crippen molar-refractivity contribution in [3.8, 4) is 0 Å². The second-order valence-corrected chi connectivity index (χ2v) is 4.35. The summed E-state index contributed by atoms with van der Waals surface area (Å²) in [6, 6.07) is 1.80. The highest BCUT2D eigenvalue weighted by atomic mass is 16.4. The highest BCUT2D eigenvalue weighted by Crippen LogP contribution is 2.17. The minimum atomic E-state index is -1.03. The first-order valence-electron chi connectivity index (χ1n) is 5.50. The minimum Gasteiger partial charge on any atom is -0.478 e. The number of nitrogens with two attached hydrogens (primary N) is 1. The van der Waals surface area contributed by atoms with Crippen LogP contribution in [0.5, 0.6) is 0 Å². The molecule has 0 radical (unpaired) electrons. The number of likely N-dealkylation sites (N-methyl/N-ethyl adjacent to an activating group) is 1. The maximum absolute atomic E-state index is 10.9. The molecule has 1 unspecified atom stereocenters. The Morgan fingerprint density at radius 3 is 3.06 bits per heavy atom. The molecule has 1 aromatic rings. The van der Waals surface area contributed by atoms with Gasteiger partial charge in [-0.1, -0.05) is 0 Å². The molecule has 6 heteroatoms. The third kappa shape index (κ3) is 2.65. The predicted molar refractivity (Wildman–Crippen MR) is 65.1 cm³/mol. The number of aromatic carboxylic acids is 1. The molecule has 1 fully saturated rings. The van der Waals surface area contributed by atoms with E-state index in [9.17, 15) is 4.79 Å². The van der Waals surface area contributed by atoms with E-state index in [1.807, 2.05) is 0 Å². The van der Waals surface area contributed by atoms with Crippen molar-refractivity contribution >= 4 is 17.5 Å². The third-order valence-corrected chi connectivity index (χ3v) is 2.91. The lowest BCUT2D eigenvalue weighted by Gasteiger charge is -2.14. The van der Waals surface area contributed by atoms with Gasteiger partial charge in [0, 0.05) is 12.6 Å². The Hall–Kier alpha value is -1.82. The second kappa shape index (κ2) is 4.58. The quantitative estimate of drug-likeness (QED) is 0.707. The van der Waals surface area contributed by atoms with Gasteiger partial charge in [-0.15, -0.1) is 0 Å². The first-order chi connectivity index (χ1) is 8.06. The van der Waals surface area contributed by atoms with Gasteiger partial charge in [-0.2, -0.15) is 0 Å². The van der Waals surface area contributed by atoms with Crippen LogP contribution in [0.2, 0.25) is 0 Å². The van der Waals surface area contributed by atoms with Crippen LogP contribution < -0.4 is 11.1 Å². The highest BCUT2D eigenvalue weighted by molar-refractivity contribution is 5.94. The Morgan fingerprint density at radius 1 is 1.71 bits per heavy atom. The molecule has 1 aliphatic heterocycles. The van der Waals surface area contributed by atoms with E-state index in [2.05, 4.69) is 22.2 Å². The van der Waals surface area contributed by atoms with E-state index >= 15 is 0 Å². The van der Waals surface area contributed by atoms with Gasteiger partial charge in [0.1, 0.15) is 5.82 Å². The molecule has 1 aromatic heterocycles. The Kier molecular flexibility index (Phi) is 3.14. The van der Waals surface area contributed by atoms with Crippen molar-refractivity contribution in [3.63, 3.8) is 0 Å². The van der Waals surface area contributed by atoms with Crippen LogP contribution in [0.3, 0.4) is 0 Å². The van der Waals surface area contributed by atoms with Gasteiger partial charge >= 0.3 is 5.97 Å². The molecule has 0 saturated carbocycles. The summed E-state index contributed by atoms with van der Waals surface area (Å²) in [6.07, 6.45) is 2.41. The Bertz CT molecular complexity index is 435. The average Bonchev–Trinajstić information content (AvgIpc) is 2.66. The van der Waals surface area contributed by atoms with Gasteiger partial charge in [0.15, 0.2) is 0 Å². The summed E-state index contributed by atoms with van der Waals surface area (Å²) in [4.78, 5) is 17.2. The Labute approximate surface area is 99.4 Å². The van der Waals surface area contributed by atoms with Gasteiger partial charge in [0.25, 0.3) is 0 Å². The van der Waals surface area contributed by atoms with Crippen LogP contribution >= 0.6 is 0 Å². The number of likely N-dealkylation sites (tertiary alicyclic amines) is 1. The summed E-state index contributed by atoms with van der Waals surface area (Å²) in [6.45, 7) is 1.98. The topological polar surface area (TPSA) is 91.5 Å². The number of anilines is 2. The second-order valence-electron chi connectivity index (χ2n) is 4.35. The van der Waals surface area contributed by atoms with E-state index in [0.717, 1.165) is 19.5 Å². The van der Waals surface area contributed by atoms with Crippen LogP contribution in [0.1, 0.15) is 16.8 Å². The standard InChI is InChI=1S/C11H16N4O2/c1-15-3-2-7(6-15)14-10-4-8(11(16)17)9(12)5-13-10/h4-5,7H,2-3,6,12H2,1H3,(H,13,14)(H,16,17). The molecule has 2 heterocycles. The zero-order valence-electron chi connectivity index (χ0n) is 9.68. The molecule has 0 aromatic carbocycles. The lowest BCUT2D eigenvalue weighted by atomic mass is 10.2. The van der Waals surface area contributed by atoms with Gasteiger partial charge in [0.2, 0.25) is 0 Å². The molecule has 2 rings (SSSR count). The summed E-state index contributed by atoms with van der Waals surface area (Å²) in [5.74, 6) is -0.464. The van der Waals surface area contributed by atoms with Gasteiger partial charge in [0.05, 0.1) is 17.4 Å². The summed E-state index contributed by atoms with van der Waals surface area (Å²) in [5.41, 5.74) is 5.82. The summed E-state index contributed by atoms with van der Waals surface area (Å²) in [7, 11) is 2.06. The zero-order chi connectivity index (χ0) is 12.4. The maximum atomic E-state index is 10.9. The van der Waals surface area contributed by atoms with E-state index in [1.165, 1.54) is 12.3 Å². The van der Waals surface area contributed by atoms with Crippen molar-refractivity contribution in [1.82, 2.24) is 9.88 Å². The fraction of sp³-hybridized carbons (Fsp3) is 0.455. The van der Waals surface area contributed by atoms with E-state index < -0.39 is 5.97 Å². The van der Waals surface area contributed by atoms with Crippen molar-refractivity contribution in [2.75, 3.05) is 31.2 Å². The van der Waals surface area contributed by atoms with Crippen LogP contribution in [0.4, 0.5) is 11.5 Å². The number of pyridine rings is 1. The number of carboxylic acids is 1. The molecule has 1 saturated heterocycles. The number of carboxylic acid groups (broad SMARTS) is 1. The Morgan fingerprint density at radius 2 is 2.47 bits per heavy atom. The van der Waals surface area contributed by atoms with E-state index in [4.69, 9.17) is 10.8 Å². The predicted octanol–water partition coefficient (Wildman–Crippen LogP) is 0.478. The lowest BCUT2D eigenvalue weighted by Crippen LogP contribution is -2.24. The van der Waals surface area contributed by atoms with Gasteiger partial charge < -0.3 is 21.1 Å². The molecule has 92 valence electrons. The molecule has 4 N–H and O–H groups in total. The summed E-state index contributed by atoms with van der Waals surface area (Å²) < 4.78 is 0. The molecule has 6 nitrogen and oxygen atoms in total. The first kappa shape index (κ1) is 11.7.